The molecule has 0 aromatic heterocycles. The Hall–Kier alpha value is 1.64. The normalized spacial score (nSPS) is 13.2. The van der Waals surface area contributed by atoms with Crippen molar-refractivity contribution >= 4 is 35.7 Å². The van der Waals surface area contributed by atoms with Crippen molar-refractivity contribution in [1.29, 1.82) is 0 Å². The Labute approximate surface area is 42.6 Å². The van der Waals surface area contributed by atoms with E-state index in [1.165, 1.54) is 0 Å². The Bertz CT molecular complexity index is 14.4. The van der Waals surface area contributed by atoms with Gasteiger partial charge in [0, 0.05) is 0 Å². The standard InChI is InChI=1S/CH7P3S/c1-5-4-3-2/h3-4H,2H2,1H3. The van der Waals surface area contributed by atoms with Gasteiger partial charge in [-0.1, -0.05) is 7.96 Å². The molecule has 0 N–H and O–H groups in total. The average molecular weight is 144 g/mol. The number of rotatable bonds is 2. The molecule has 5 heavy (non-hydrogen) atoms. The van der Waals surface area contributed by atoms with Crippen molar-refractivity contribution in [3.63, 3.8) is 0 Å². The first-order chi connectivity index (χ1) is 2.41. The van der Waals surface area contributed by atoms with E-state index in [0.717, 1.165) is 15.4 Å². The summed E-state index contributed by atoms with van der Waals surface area (Å²) in [6.45, 7) is 0. The van der Waals surface area contributed by atoms with Crippen LogP contribution in [-0.2, 0) is 0 Å². The largest absolute Gasteiger partial charge is 0.136 e. The van der Waals surface area contributed by atoms with E-state index in [9.17, 15) is 0 Å². The molecule has 3 unspecified atom stereocenters. The second kappa shape index (κ2) is 5.64. The van der Waals surface area contributed by atoms with Gasteiger partial charge >= 0.3 is 0 Å². The Morgan fingerprint density at radius 2 is 2.40 bits per heavy atom. The summed E-state index contributed by atoms with van der Waals surface area (Å²) in [6, 6.07) is 0. The van der Waals surface area contributed by atoms with E-state index in [0.29, 0.717) is 0 Å². The summed E-state index contributed by atoms with van der Waals surface area (Å²) in [4.78, 5) is 0. The number of hydrogen-bond donors (Lipinski definition) is 0. The van der Waals surface area contributed by atoms with Gasteiger partial charge in [0.15, 0.2) is 0 Å². The van der Waals surface area contributed by atoms with Crippen LogP contribution < -0.4 is 0 Å². The van der Waals surface area contributed by atoms with Crippen LogP contribution in [0.3, 0.4) is 0 Å². The molecule has 0 saturated heterocycles. The molecule has 4 heteroatoms. The minimum absolute atomic E-state index is 1.07. The molecular weight excluding hydrogens is 137 g/mol. The minimum atomic E-state index is 1.07. The Morgan fingerprint density at radius 3 is 2.40 bits per heavy atom. The van der Waals surface area contributed by atoms with Gasteiger partial charge in [0.05, 0.1) is 0 Å². The maximum atomic E-state index is 2.72. The molecule has 0 aliphatic heterocycles. The number of hydrogen-bond acceptors (Lipinski definition) is 1. The van der Waals surface area contributed by atoms with E-state index >= 15 is 0 Å². The van der Waals surface area contributed by atoms with Gasteiger partial charge in [0.1, 0.15) is 0 Å². The molecule has 0 nitrogen and oxygen atoms in total. The molecule has 0 heterocycles. The third-order valence-electron chi connectivity index (χ3n) is 0.161. The van der Waals surface area contributed by atoms with Crippen molar-refractivity contribution in [3.8, 4) is 0 Å². The molecule has 0 bridgehead atoms. The lowest BCUT2D eigenvalue weighted by Crippen LogP contribution is -1.15. The summed E-state index contributed by atoms with van der Waals surface area (Å²) in [5.41, 5.74) is 0. The maximum Gasteiger partial charge on any atom is -0.0141 e. The second-order valence-electron chi connectivity index (χ2n) is 0.451. The zero-order valence-electron chi connectivity index (χ0n) is 2.99. The van der Waals surface area contributed by atoms with Crippen LogP contribution in [0, 0.1) is 0 Å². The highest BCUT2D eigenvalue weighted by atomic mass is 32.9. The topological polar surface area (TPSA) is 0 Å². The van der Waals surface area contributed by atoms with Crippen LogP contribution in [0.1, 0.15) is 0 Å². The highest BCUT2D eigenvalue weighted by Gasteiger charge is 1.66. The first kappa shape index (κ1) is 6.64. The van der Waals surface area contributed by atoms with Crippen LogP contribution in [0.5, 0.6) is 0 Å². The Morgan fingerprint density at radius 1 is 1.80 bits per heavy atom. The average Bonchev–Trinajstić information content (AvgIpc) is 1.41. The van der Waals surface area contributed by atoms with Crippen molar-refractivity contribution in [3.05, 3.63) is 0 Å². The van der Waals surface area contributed by atoms with E-state index in [1.54, 1.807) is 0 Å². The molecule has 0 spiro atoms. The first-order valence-electron chi connectivity index (χ1n) is 1.15. The van der Waals surface area contributed by atoms with Gasteiger partial charge in [-0.05, 0) is 13.7 Å². The molecule has 0 saturated carbocycles. The predicted octanol–water partition coefficient (Wildman–Crippen LogP) is 2.33. The maximum absolute atomic E-state index is 2.72. The molecule has 0 amide bonds. The van der Waals surface area contributed by atoms with Crippen molar-refractivity contribution in [2.75, 3.05) is 6.26 Å². The van der Waals surface area contributed by atoms with E-state index in [2.05, 4.69) is 15.2 Å². The van der Waals surface area contributed by atoms with Crippen LogP contribution >= 0.6 is 35.7 Å². The minimum Gasteiger partial charge on any atom is -0.136 e. The zero-order chi connectivity index (χ0) is 4.12. The van der Waals surface area contributed by atoms with Crippen molar-refractivity contribution in [1.82, 2.24) is 0 Å². The lowest BCUT2D eigenvalue weighted by molar-refractivity contribution is 2.54. The van der Waals surface area contributed by atoms with E-state index in [1.807, 2.05) is 11.4 Å². The Balaban J connectivity index is 2.19. The molecule has 32 valence electrons. The van der Waals surface area contributed by atoms with Gasteiger partial charge in [-0.3, -0.25) is 0 Å². The van der Waals surface area contributed by atoms with Gasteiger partial charge in [0.25, 0.3) is 0 Å². The van der Waals surface area contributed by atoms with Crippen molar-refractivity contribution in [2.45, 2.75) is 0 Å². The fraction of sp³-hybridized carbons (Fsp3) is 1.00. The van der Waals surface area contributed by atoms with Gasteiger partial charge in [-0.2, -0.15) is 0 Å². The van der Waals surface area contributed by atoms with Gasteiger partial charge < -0.3 is 0 Å². The third kappa shape index (κ3) is 5.64. The summed E-state index contributed by atoms with van der Waals surface area (Å²) in [7, 11) is 4.89. The smallest absolute Gasteiger partial charge is 0.0141 e. The highest BCUT2D eigenvalue weighted by molar-refractivity contribution is 8.74. The van der Waals surface area contributed by atoms with Crippen LogP contribution in [0.15, 0.2) is 0 Å². The quantitative estimate of drug-likeness (QED) is 0.536. The van der Waals surface area contributed by atoms with Crippen LogP contribution in [0.25, 0.3) is 0 Å². The highest BCUT2D eigenvalue weighted by Crippen LogP contribution is 2.50. The van der Waals surface area contributed by atoms with Crippen molar-refractivity contribution < 1.29 is 0 Å². The predicted molar refractivity (Wildman–Crippen MR) is 39.9 cm³/mol. The summed E-state index contributed by atoms with van der Waals surface area (Å²) in [5.74, 6) is 0. The lowest BCUT2D eigenvalue weighted by Gasteiger charge is -1.81. The molecule has 0 rings (SSSR count). The van der Waals surface area contributed by atoms with Gasteiger partial charge in [-0.25, -0.2) is 0 Å². The fourth-order valence-corrected chi connectivity index (χ4v) is 4.77. The SMILES string of the molecule is CSPPP. The van der Waals surface area contributed by atoms with Crippen molar-refractivity contribution in [2.24, 2.45) is 0 Å². The fourth-order valence-electron chi connectivity index (χ4n) is 0.0589. The van der Waals surface area contributed by atoms with E-state index < -0.39 is 0 Å². The summed E-state index contributed by atoms with van der Waals surface area (Å²) in [6.07, 6.45) is 2.13. The molecule has 0 aliphatic carbocycles. The molecule has 3 atom stereocenters. The van der Waals surface area contributed by atoms with Crippen LogP contribution in [0.4, 0.5) is 0 Å². The lowest BCUT2D eigenvalue weighted by atomic mass is 12.0. The van der Waals surface area contributed by atoms with Crippen LogP contribution in [0.2, 0.25) is 0 Å². The molecule has 0 aliphatic rings. The summed E-state index contributed by atoms with van der Waals surface area (Å²) in [5, 5.41) is 0. The molecule has 0 fully saturated rings. The molecule has 0 aromatic carbocycles. The molecular formula is CH7P3S. The van der Waals surface area contributed by atoms with E-state index in [4.69, 9.17) is 0 Å². The van der Waals surface area contributed by atoms with Gasteiger partial charge in [-0.15, -0.1) is 20.3 Å². The molecule has 0 aromatic rings. The second-order valence-corrected chi connectivity index (χ2v) is 8.49. The Kier molecular flexibility index (Phi) is 7.49. The molecule has 0 radical (unpaired) electrons. The first-order valence-corrected chi connectivity index (χ1v) is 7.91. The third-order valence-corrected chi connectivity index (χ3v) is 7.53. The summed E-state index contributed by atoms with van der Waals surface area (Å²) < 4.78 is 0. The van der Waals surface area contributed by atoms with Crippen LogP contribution in [-0.4, -0.2) is 6.26 Å². The summed E-state index contributed by atoms with van der Waals surface area (Å²) >= 11 is 1.92. The monoisotopic (exact) mass is 144 g/mol. The zero-order valence-corrected chi connectivity index (χ0v) is 6.96. The van der Waals surface area contributed by atoms with E-state index in [-0.39, 0.29) is 0 Å². The van der Waals surface area contributed by atoms with Gasteiger partial charge in [0.2, 0.25) is 0 Å².